The van der Waals surface area contributed by atoms with E-state index in [4.69, 9.17) is 4.74 Å². The van der Waals surface area contributed by atoms with E-state index in [1.54, 1.807) is 19.2 Å². The first kappa shape index (κ1) is 21.3. The standard InChI is InChI=1S/C24H32FN3O/c1-19(8-9-20-6-4-3-5-7-20)28-23(26-2)27-18-24(14-16-29-17-15-24)21-10-12-22(25)13-11-21/h3-7,10-13,19H,8-9,14-18H2,1-2H3,(H2,26,27,28). The van der Waals surface area contributed by atoms with Crippen LogP contribution in [0.1, 0.15) is 37.3 Å². The Bertz CT molecular complexity index is 770. The third-order valence-electron chi connectivity index (χ3n) is 5.82. The maximum absolute atomic E-state index is 13.4. The summed E-state index contributed by atoms with van der Waals surface area (Å²) in [4.78, 5) is 4.41. The predicted molar refractivity (Wildman–Crippen MR) is 117 cm³/mol. The second kappa shape index (κ2) is 10.4. The molecule has 0 amide bonds. The number of aliphatic imine (C=N–C) groups is 1. The van der Waals surface area contributed by atoms with Crippen molar-refractivity contribution in [2.24, 2.45) is 4.99 Å². The minimum Gasteiger partial charge on any atom is -0.381 e. The van der Waals surface area contributed by atoms with Crippen molar-refractivity contribution in [2.45, 2.75) is 44.1 Å². The number of rotatable bonds is 7. The van der Waals surface area contributed by atoms with Crippen molar-refractivity contribution >= 4 is 5.96 Å². The molecule has 4 nitrogen and oxygen atoms in total. The van der Waals surface area contributed by atoms with Gasteiger partial charge in [-0.05, 0) is 55.9 Å². The van der Waals surface area contributed by atoms with Crippen LogP contribution in [0.15, 0.2) is 59.6 Å². The monoisotopic (exact) mass is 397 g/mol. The first-order chi connectivity index (χ1) is 14.1. The van der Waals surface area contributed by atoms with Gasteiger partial charge in [0, 0.05) is 38.3 Å². The van der Waals surface area contributed by atoms with Gasteiger partial charge in [-0.3, -0.25) is 4.99 Å². The fraction of sp³-hybridized carbons (Fsp3) is 0.458. The molecule has 0 aromatic heterocycles. The molecule has 5 heteroatoms. The molecule has 2 aromatic carbocycles. The van der Waals surface area contributed by atoms with E-state index < -0.39 is 0 Å². The minimum atomic E-state index is -0.200. The molecule has 1 aliphatic heterocycles. The first-order valence-electron chi connectivity index (χ1n) is 10.5. The molecule has 1 atom stereocenters. The number of ether oxygens (including phenoxy) is 1. The zero-order valence-corrected chi connectivity index (χ0v) is 17.5. The largest absolute Gasteiger partial charge is 0.381 e. The predicted octanol–water partition coefficient (Wildman–Crippen LogP) is 4.06. The summed E-state index contributed by atoms with van der Waals surface area (Å²) in [6, 6.07) is 17.7. The van der Waals surface area contributed by atoms with E-state index in [-0.39, 0.29) is 11.2 Å². The van der Waals surface area contributed by atoms with Crippen molar-refractivity contribution in [2.75, 3.05) is 26.8 Å². The molecule has 0 radical (unpaired) electrons. The SMILES string of the molecule is CN=C(NCC1(c2ccc(F)cc2)CCOCC1)NC(C)CCc1ccccc1. The highest BCUT2D eigenvalue weighted by Gasteiger charge is 2.34. The average molecular weight is 398 g/mol. The number of benzene rings is 2. The van der Waals surface area contributed by atoms with Crippen molar-refractivity contribution < 1.29 is 9.13 Å². The summed E-state index contributed by atoms with van der Waals surface area (Å²) in [5.41, 5.74) is 2.43. The molecule has 2 N–H and O–H groups in total. The van der Waals surface area contributed by atoms with Gasteiger partial charge < -0.3 is 15.4 Å². The molecule has 1 fully saturated rings. The van der Waals surface area contributed by atoms with E-state index in [0.717, 1.165) is 57.0 Å². The van der Waals surface area contributed by atoms with E-state index in [9.17, 15) is 4.39 Å². The lowest BCUT2D eigenvalue weighted by Gasteiger charge is -2.38. The second-order valence-corrected chi connectivity index (χ2v) is 7.90. The van der Waals surface area contributed by atoms with Crippen LogP contribution in [0, 0.1) is 5.82 Å². The Morgan fingerprint density at radius 1 is 1.10 bits per heavy atom. The summed E-state index contributed by atoms with van der Waals surface area (Å²) in [6.07, 6.45) is 3.88. The van der Waals surface area contributed by atoms with Gasteiger partial charge in [-0.1, -0.05) is 42.5 Å². The molecular weight excluding hydrogens is 365 g/mol. The Morgan fingerprint density at radius 2 is 1.79 bits per heavy atom. The van der Waals surface area contributed by atoms with E-state index in [2.05, 4.69) is 46.8 Å². The fourth-order valence-corrected chi connectivity index (χ4v) is 3.91. The Labute approximate surface area is 173 Å². The summed E-state index contributed by atoms with van der Waals surface area (Å²) in [7, 11) is 1.80. The third-order valence-corrected chi connectivity index (χ3v) is 5.82. The molecule has 3 rings (SSSR count). The molecule has 0 bridgehead atoms. The molecule has 1 aliphatic rings. The highest BCUT2D eigenvalue weighted by molar-refractivity contribution is 5.80. The highest BCUT2D eigenvalue weighted by atomic mass is 19.1. The van der Waals surface area contributed by atoms with Gasteiger partial charge in [0.15, 0.2) is 5.96 Å². The molecule has 0 saturated carbocycles. The summed E-state index contributed by atoms with van der Waals surface area (Å²) >= 11 is 0. The Hall–Kier alpha value is -2.40. The summed E-state index contributed by atoms with van der Waals surface area (Å²) in [5, 5.41) is 7.01. The Morgan fingerprint density at radius 3 is 2.45 bits per heavy atom. The van der Waals surface area contributed by atoms with Crippen LogP contribution in [0.2, 0.25) is 0 Å². The molecule has 0 spiro atoms. The van der Waals surface area contributed by atoms with Crippen LogP contribution in [0.25, 0.3) is 0 Å². The van der Waals surface area contributed by atoms with Crippen molar-refractivity contribution in [3.63, 3.8) is 0 Å². The molecule has 0 aliphatic carbocycles. The average Bonchev–Trinajstić information content (AvgIpc) is 2.77. The molecule has 156 valence electrons. The quantitative estimate of drug-likeness (QED) is 0.547. The maximum Gasteiger partial charge on any atom is 0.191 e. The first-order valence-corrected chi connectivity index (χ1v) is 10.5. The van der Waals surface area contributed by atoms with Gasteiger partial charge in [0.1, 0.15) is 5.82 Å². The van der Waals surface area contributed by atoms with Crippen molar-refractivity contribution in [1.29, 1.82) is 0 Å². The van der Waals surface area contributed by atoms with Gasteiger partial charge in [-0.25, -0.2) is 4.39 Å². The summed E-state index contributed by atoms with van der Waals surface area (Å²) in [6.45, 7) is 4.37. The lowest BCUT2D eigenvalue weighted by molar-refractivity contribution is 0.0513. The van der Waals surface area contributed by atoms with E-state index in [1.807, 2.05) is 18.2 Å². The number of nitrogens with zero attached hydrogens (tertiary/aromatic N) is 1. The van der Waals surface area contributed by atoms with Gasteiger partial charge in [-0.2, -0.15) is 0 Å². The fourth-order valence-electron chi connectivity index (χ4n) is 3.91. The second-order valence-electron chi connectivity index (χ2n) is 7.90. The zero-order valence-electron chi connectivity index (χ0n) is 17.5. The van der Waals surface area contributed by atoms with Gasteiger partial charge in [0.2, 0.25) is 0 Å². The number of hydrogen-bond acceptors (Lipinski definition) is 2. The smallest absolute Gasteiger partial charge is 0.191 e. The van der Waals surface area contributed by atoms with Gasteiger partial charge >= 0.3 is 0 Å². The highest BCUT2D eigenvalue weighted by Crippen LogP contribution is 2.34. The number of nitrogens with one attached hydrogen (secondary N) is 2. The minimum absolute atomic E-state index is 0.0726. The molecule has 1 unspecified atom stereocenters. The van der Waals surface area contributed by atoms with Crippen LogP contribution in [0.5, 0.6) is 0 Å². The third kappa shape index (κ3) is 6.04. The lowest BCUT2D eigenvalue weighted by Crippen LogP contribution is -2.49. The van der Waals surface area contributed by atoms with Crippen LogP contribution in [-0.2, 0) is 16.6 Å². The van der Waals surface area contributed by atoms with Crippen LogP contribution in [0.4, 0.5) is 4.39 Å². The Balaban J connectivity index is 1.58. The Kier molecular flexibility index (Phi) is 7.64. The van der Waals surface area contributed by atoms with E-state index in [1.165, 1.54) is 5.56 Å². The topological polar surface area (TPSA) is 45.7 Å². The molecular formula is C24H32FN3O. The van der Waals surface area contributed by atoms with Crippen molar-refractivity contribution in [3.8, 4) is 0 Å². The normalized spacial score (nSPS) is 17.6. The molecule has 29 heavy (non-hydrogen) atoms. The number of hydrogen-bond donors (Lipinski definition) is 2. The summed E-state index contributed by atoms with van der Waals surface area (Å²) < 4.78 is 19.0. The summed E-state index contributed by atoms with van der Waals surface area (Å²) in [5.74, 6) is 0.604. The van der Waals surface area contributed by atoms with E-state index >= 15 is 0 Å². The zero-order chi connectivity index (χ0) is 20.5. The van der Waals surface area contributed by atoms with Crippen LogP contribution in [0.3, 0.4) is 0 Å². The van der Waals surface area contributed by atoms with E-state index in [0.29, 0.717) is 6.04 Å². The van der Waals surface area contributed by atoms with Crippen LogP contribution >= 0.6 is 0 Å². The van der Waals surface area contributed by atoms with Gasteiger partial charge in [-0.15, -0.1) is 0 Å². The molecule has 1 heterocycles. The van der Waals surface area contributed by atoms with Gasteiger partial charge in [0.05, 0.1) is 0 Å². The number of halogens is 1. The van der Waals surface area contributed by atoms with Crippen LogP contribution < -0.4 is 10.6 Å². The van der Waals surface area contributed by atoms with Crippen LogP contribution in [-0.4, -0.2) is 38.8 Å². The number of guanidine groups is 1. The van der Waals surface area contributed by atoms with Crippen molar-refractivity contribution in [1.82, 2.24) is 10.6 Å². The van der Waals surface area contributed by atoms with Gasteiger partial charge in [0.25, 0.3) is 0 Å². The maximum atomic E-state index is 13.4. The molecule has 1 saturated heterocycles. The number of aryl methyl sites for hydroxylation is 1. The molecule has 2 aromatic rings. The lowest BCUT2D eigenvalue weighted by atomic mass is 9.74. The van der Waals surface area contributed by atoms with Crippen molar-refractivity contribution in [3.05, 3.63) is 71.5 Å².